The normalized spacial score (nSPS) is 10.5. The van der Waals surface area contributed by atoms with Crippen LogP contribution < -0.4 is 0 Å². The number of ether oxygens (including phenoxy) is 9. The maximum Gasteiger partial charge on any atom is 0.333 e. The summed E-state index contributed by atoms with van der Waals surface area (Å²) in [6.45, 7) is 85.9. The van der Waals surface area contributed by atoms with Gasteiger partial charge in [0.25, 0.3) is 0 Å². The molecule has 0 aliphatic heterocycles. The quantitative estimate of drug-likeness (QED) is 0.0243. The molecule has 0 heterocycles. The van der Waals surface area contributed by atoms with Crippen LogP contribution in [0.25, 0.3) is 0 Å². The van der Waals surface area contributed by atoms with Crippen molar-refractivity contribution in [2.45, 2.75) is 307 Å². The standard InChI is InChI=1S/2C10H18O2.7C9H16O2/c1-8(2)6-5-7-12-10(11)9(3)4;1-4-5-6-7-8-12-10(11)9(2)3;1-7(2)8(10)11-6-9(3,4)5;1-7(2)5-6-11-9(10)8(3)4;1-6-9(4,5)11-8(10)7(2)3;1-5-8(4)6-11-9(10)7(2)3;1-5-6-8(4)11-9(10)7(2)3;1-5-8(6-2)11-9(10)7(3)4;1-4-5-6-7-11-9(10)8(2)3/h8H,3,5-7H2,1-2,4H3;2,4-8H2,1,3H3;1,6H2,2-5H3;7H,3,5-6H2,1-2,4H3;2,6H2,1,3-5H3;2*8H,2,5-6H2,1,3-4H3;8H,3,5-6H2,1-2,4H3;2,4-7H2,1,3H3. The first-order chi connectivity index (χ1) is 46.4. The maximum atomic E-state index is 11.0. The minimum atomic E-state index is -0.365. The predicted octanol–water partition coefficient (Wildman–Crippen LogP) is 20.9. The molecule has 2 unspecified atom stereocenters. The monoisotopic (exact) mass is 1430 g/mol. The van der Waals surface area contributed by atoms with Crippen LogP contribution in [0.1, 0.15) is 290 Å². The van der Waals surface area contributed by atoms with Gasteiger partial charge in [-0.05, 0) is 164 Å². The van der Waals surface area contributed by atoms with E-state index >= 15 is 0 Å². The Morgan fingerprint density at radius 2 is 0.644 bits per heavy atom. The fraction of sp³-hybridized carbons (Fsp3) is 0.675. The van der Waals surface area contributed by atoms with Crippen LogP contribution in [0.4, 0.5) is 0 Å². The molecule has 101 heavy (non-hydrogen) atoms. The molecule has 0 amide bonds. The van der Waals surface area contributed by atoms with Crippen molar-refractivity contribution >= 4 is 53.7 Å². The fourth-order valence-corrected chi connectivity index (χ4v) is 5.48. The molecule has 0 aromatic heterocycles. The van der Waals surface area contributed by atoms with Gasteiger partial charge >= 0.3 is 53.7 Å². The van der Waals surface area contributed by atoms with Gasteiger partial charge in [0.05, 0.1) is 45.7 Å². The summed E-state index contributed by atoms with van der Waals surface area (Å²) >= 11 is 0. The Morgan fingerprint density at radius 3 is 0.950 bits per heavy atom. The van der Waals surface area contributed by atoms with E-state index in [4.69, 9.17) is 42.6 Å². The first-order valence-corrected chi connectivity index (χ1v) is 36.0. The number of rotatable bonds is 37. The number of esters is 9. The molecule has 0 spiro atoms. The molecule has 0 N–H and O–H groups in total. The lowest BCUT2D eigenvalue weighted by Gasteiger charge is -2.23. The van der Waals surface area contributed by atoms with Crippen molar-refractivity contribution in [3.05, 3.63) is 109 Å². The third-order valence-electron chi connectivity index (χ3n) is 12.7. The van der Waals surface area contributed by atoms with E-state index < -0.39 is 0 Å². The van der Waals surface area contributed by atoms with Crippen LogP contribution in [0.5, 0.6) is 0 Å². The Kier molecular flexibility index (Phi) is 79.4. The lowest BCUT2D eigenvalue weighted by Crippen LogP contribution is -2.27. The van der Waals surface area contributed by atoms with E-state index in [2.05, 4.69) is 115 Å². The molecule has 0 rings (SSSR count). The lowest BCUT2D eigenvalue weighted by atomic mass is 9.99. The molecule has 0 fully saturated rings. The molecule has 0 radical (unpaired) electrons. The van der Waals surface area contributed by atoms with Gasteiger partial charge in [-0.25, -0.2) is 43.2 Å². The highest BCUT2D eigenvalue weighted by Crippen LogP contribution is 2.16. The van der Waals surface area contributed by atoms with E-state index in [9.17, 15) is 43.2 Å². The highest BCUT2D eigenvalue weighted by molar-refractivity contribution is 5.90. The molecule has 0 aromatic rings. The van der Waals surface area contributed by atoms with Crippen molar-refractivity contribution in [3.8, 4) is 0 Å². The van der Waals surface area contributed by atoms with Gasteiger partial charge < -0.3 is 42.6 Å². The van der Waals surface area contributed by atoms with Crippen molar-refractivity contribution < 1.29 is 85.8 Å². The molecule has 0 aliphatic carbocycles. The van der Waals surface area contributed by atoms with Crippen LogP contribution >= 0.6 is 0 Å². The SMILES string of the molecule is C=C(C)C(=O)OC(C)(C)CC.C=C(C)C(=O)OC(C)CCC.C=C(C)C(=O)OC(CC)CC.C=C(C)C(=O)OCC(C)(C)C.C=C(C)C(=O)OCC(C)CC.C=C(C)C(=O)OCCC(C)C.C=C(C)C(=O)OCCCC(C)C.C=C(C)C(=O)OCCCCC.C=C(C)C(=O)OCCCCCC. The van der Waals surface area contributed by atoms with E-state index in [-0.39, 0.29) is 76.9 Å². The highest BCUT2D eigenvalue weighted by atomic mass is 16.6. The summed E-state index contributed by atoms with van der Waals surface area (Å²) in [6.07, 6.45) is 16.3. The molecule has 18 nitrogen and oxygen atoms in total. The van der Waals surface area contributed by atoms with E-state index in [1.807, 2.05) is 69.2 Å². The number of carbonyl (C=O) groups excluding carboxylic acids is 9. The highest BCUT2D eigenvalue weighted by Gasteiger charge is 2.20. The van der Waals surface area contributed by atoms with Gasteiger partial charge in [-0.3, -0.25) is 0 Å². The summed E-state index contributed by atoms with van der Waals surface area (Å²) in [5, 5.41) is 0. The molecule has 18 heteroatoms. The first-order valence-electron chi connectivity index (χ1n) is 36.0. The van der Waals surface area contributed by atoms with Gasteiger partial charge in [-0.15, -0.1) is 0 Å². The van der Waals surface area contributed by atoms with Crippen LogP contribution in [0, 0.1) is 23.2 Å². The molecular weight excluding hydrogens is 1280 g/mol. The second kappa shape index (κ2) is 71.3. The Labute approximate surface area is 616 Å². The van der Waals surface area contributed by atoms with Crippen LogP contribution in [0.3, 0.4) is 0 Å². The molecular formula is C83H148O18. The van der Waals surface area contributed by atoms with Gasteiger partial charge in [0.1, 0.15) is 11.7 Å². The summed E-state index contributed by atoms with van der Waals surface area (Å²) in [5.41, 5.74) is 3.86. The zero-order valence-electron chi connectivity index (χ0n) is 69.2. The third-order valence-corrected chi connectivity index (χ3v) is 12.7. The number of hydrogen-bond donors (Lipinski definition) is 0. The third kappa shape index (κ3) is 92.9. The number of unbranched alkanes of at least 4 members (excludes halogenated alkanes) is 5. The summed E-state index contributed by atoms with van der Waals surface area (Å²) in [7, 11) is 0. The summed E-state index contributed by atoms with van der Waals surface area (Å²) in [4.78, 5) is 97.9. The molecule has 2 atom stereocenters. The predicted molar refractivity (Wildman–Crippen MR) is 417 cm³/mol. The summed E-state index contributed by atoms with van der Waals surface area (Å²) in [5.74, 6) is -0.886. The zero-order valence-corrected chi connectivity index (χ0v) is 69.2. The second-order valence-electron chi connectivity index (χ2n) is 27.7. The lowest BCUT2D eigenvalue weighted by molar-refractivity contribution is -0.152. The average molecular weight is 1430 g/mol. The summed E-state index contributed by atoms with van der Waals surface area (Å²) < 4.78 is 44.6. The Balaban J connectivity index is -0.000000135. The van der Waals surface area contributed by atoms with Gasteiger partial charge in [0, 0.05) is 50.2 Å². The van der Waals surface area contributed by atoms with E-state index in [1.54, 1.807) is 62.3 Å². The minimum absolute atomic E-state index is 0.0178. The fourth-order valence-electron chi connectivity index (χ4n) is 5.48. The Bertz CT molecular complexity index is 2420. The molecule has 0 bridgehead atoms. The minimum Gasteiger partial charge on any atom is -0.462 e. The number of hydrogen-bond acceptors (Lipinski definition) is 18. The first kappa shape index (κ1) is 112. The smallest absolute Gasteiger partial charge is 0.333 e. The van der Waals surface area contributed by atoms with Gasteiger partial charge in [-0.2, -0.15) is 0 Å². The maximum absolute atomic E-state index is 11.0. The zero-order chi connectivity index (χ0) is 81.2. The van der Waals surface area contributed by atoms with Crippen LogP contribution in [-0.2, 0) is 85.8 Å². The molecule has 0 saturated heterocycles. The van der Waals surface area contributed by atoms with Crippen LogP contribution in [0.15, 0.2) is 109 Å². The van der Waals surface area contributed by atoms with Crippen LogP contribution in [-0.4, -0.2) is 111 Å². The van der Waals surface area contributed by atoms with Gasteiger partial charge in [-0.1, -0.05) is 208 Å². The van der Waals surface area contributed by atoms with Crippen molar-refractivity contribution in [2.24, 2.45) is 23.2 Å². The van der Waals surface area contributed by atoms with E-state index in [0.717, 1.165) is 89.9 Å². The van der Waals surface area contributed by atoms with Crippen molar-refractivity contribution in [1.82, 2.24) is 0 Å². The molecule has 0 aromatic carbocycles. The van der Waals surface area contributed by atoms with Crippen molar-refractivity contribution in [3.63, 3.8) is 0 Å². The average Bonchev–Trinajstić information content (AvgIpc) is 0.940. The Morgan fingerprint density at radius 1 is 0.327 bits per heavy atom. The van der Waals surface area contributed by atoms with E-state index in [1.165, 1.54) is 12.8 Å². The van der Waals surface area contributed by atoms with Gasteiger partial charge in [0.2, 0.25) is 0 Å². The van der Waals surface area contributed by atoms with E-state index in [0.29, 0.717) is 108 Å². The topological polar surface area (TPSA) is 237 Å². The van der Waals surface area contributed by atoms with Crippen molar-refractivity contribution in [2.75, 3.05) is 39.6 Å². The largest absolute Gasteiger partial charge is 0.462 e. The number of carbonyl (C=O) groups is 9. The van der Waals surface area contributed by atoms with Crippen LogP contribution in [0.2, 0.25) is 0 Å². The Hall–Kier alpha value is -7.11. The molecule has 0 saturated carbocycles. The summed E-state index contributed by atoms with van der Waals surface area (Å²) in [6, 6.07) is 0. The van der Waals surface area contributed by atoms with Gasteiger partial charge in [0.15, 0.2) is 0 Å². The second-order valence-corrected chi connectivity index (χ2v) is 27.7. The van der Waals surface area contributed by atoms with Crippen molar-refractivity contribution in [1.29, 1.82) is 0 Å². The molecule has 588 valence electrons. The molecule has 0 aliphatic rings.